The molecule has 0 saturated carbocycles. The van der Waals surface area contributed by atoms with Crippen LogP contribution in [-0.2, 0) is 14.4 Å². The third-order valence-electron chi connectivity index (χ3n) is 2.41. The highest BCUT2D eigenvalue weighted by atomic mass is 16.4. The lowest BCUT2D eigenvalue weighted by molar-refractivity contribution is -0.137. The second-order valence-electron chi connectivity index (χ2n) is 4.44. The van der Waals surface area contributed by atoms with Gasteiger partial charge in [-0.1, -0.05) is 0 Å². The Hall–Kier alpha value is -2.12. The van der Waals surface area contributed by atoms with Gasteiger partial charge in [-0.3, -0.25) is 19.3 Å². The molecule has 8 heteroatoms. The van der Waals surface area contributed by atoms with E-state index in [1.54, 1.807) is 0 Å². The maximum atomic E-state index is 11.7. The number of amides is 4. The van der Waals surface area contributed by atoms with E-state index < -0.39 is 35.9 Å². The third-order valence-corrected chi connectivity index (χ3v) is 2.41. The molecule has 4 amide bonds. The van der Waals surface area contributed by atoms with E-state index >= 15 is 0 Å². The van der Waals surface area contributed by atoms with Crippen molar-refractivity contribution in [3.8, 4) is 0 Å². The third kappa shape index (κ3) is 3.19. The van der Waals surface area contributed by atoms with E-state index in [-0.39, 0.29) is 13.0 Å². The number of carboxylic acid groups (broad SMARTS) is 1. The summed E-state index contributed by atoms with van der Waals surface area (Å²) in [5.41, 5.74) is -1.02. The second-order valence-corrected chi connectivity index (χ2v) is 4.44. The van der Waals surface area contributed by atoms with Gasteiger partial charge in [0.1, 0.15) is 12.1 Å². The Balaban J connectivity index is 2.48. The molecule has 3 N–H and O–H groups in total. The molecule has 8 nitrogen and oxygen atoms in total. The molecule has 18 heavy (non-hydrogen) atoms. The molecule has 0 aliphatic carbocycles. The molecule has 0 aromatic rings. The van der Waals surface area contributed by atoms with Crippen molar-refractivity contribution in [2.75, 3.05) is 13.1 Å². The molecular weight excluding hydrogens is 242 g/mol. The maximum Gasteiger partial charge on any atom is 0.325 e. The number of nitrogens with zero attached hydrogens (tertiary/aromatic N) is 1. The average Bonchev–Trinajstić information content (AvgIpc) is 2.40. The Morgan fingerprint density at radius 1 is 1.39 bits per heavy atom. The minimum absolute atomic E-state index is 0.0405. The molecule has 0 atom stereocenters. The topological polar surface area (TPSA) is 116 Å². The van der Waals surface area contributed by atoms with E-state index in [2.05, 4.69) is 10.6 Å². The van der Waals surface area contributed by atoms with Crippen molar-refractivity contribution >= 4 is 23.8 Å². The molecule has 0 unspecified atom stereocenters. The van der Waals surface area contributed by atoms with Gasteiger partial charge in [-0.2, -0.15) is 0 Å². The summed E-state index contributed by atoms with van der Waals surface area (Å²) in [5, 5.41) is 13.1. The van der Waals surface area contributed by atoms with Gasteiger partial charge in [0.25, 0.3) is 5.91 Å². The normalized spacial score (nSPS) is 17.6. The monoisotopic (exact) mass is 257 g/mol. The van der Waals surface area contributed by atoms with E-state index in [0.29, 0.717) is 0 Å². The number of carbonyl (C=O) groups is 4. The number of nitrogens with one attached hydrogen (secondary N) is 2. The minimum atomic E-state index is -1.04. The van der Waals surface area contributed by atoms with Crippen LogP contribution in [0.5, 0.6) is 0 Å². The molecule has 0 spiro atoms. The predicted molar refractivity (Wildman–Crippen MR) is 59.6 cm³/mol. The zero-order valence-electron chi connectivity index (χ0n) is 10.1. The van der Waals surface area contributed by atoms with Crippen LogP contribution in [0.15, 0.2) is 0 Å². The quantitative estimate of drug-likeness (QED) is 0.541. The number of hydrogen-bond donors (Lipinski definition) is 3. The highest BCUT2D eigenvalue weighted by Gasteiger charge is 2.44. The van der Waals surface area contributed by atoms with Crippen molar-refractivity contribution in [1.82, 2.24) is 15.5 Å². The Kier molecular flexibility index (Phi) is 3.89. The van der Waals surface area contributed by atoms with Gasteiger partial charge >= 0.3 is 12.0 Å². The minimum Gasteiger partial charge on any atom is -0.481 e. The number of aliphatic carboxylic acids is 1. The molecule has 1 saturated heterocycles. The van der Waals surface area contributed by atoms with Crippen molar-refractivity contribution in [3.05, 3.63) is 0 Å². The van der Waals surface area contributed by atoms with Gasteiger partial charge in [-0.15, -0.1) is 0 Å². The van der Waals surface area contributed by atoms with E-state index in [9.17, 15) is 19.2 Å². The summed E-state index contributed by atoms with van der Waals surface area (Å²) in [6, 6.07) is -0.626. The van der Waals surface area contributed by atoms with Gasteiger partial charge in [0, 0.05) is 6.54 Å². The zero-order valence-corrected chi connectivity index (χ0v) is 10.1. The lowest BCUT2D eigenvalue weighted by Gasteiger charge is -2.15. The number of rotatable bonds is 5. The smallest absolute Gasteiger partial charge is 0.325 e. The molecule has 1 heterocycles. The van der Waals surface area contributed by atoms with Crippen LogP contribution < -0.4 is 10.6 Å². The summed E-state index contributed by atoms with van der Waals surface area (Å²) < 4.78 is 0. The van der Waals surface area contributed by atoms with E-state index in [4.69, 9.17) is 5.11 Å². The first-order chi connectivity index (χ1) is 8.24. The fourth-order valence-electron chi connectivity index (χ4n) is 1.47. The van der Waals surface area contributed by atoms with Crippen LogP contribution in [0.25, 0.3) is 0 Å². The lowest BCUT2D eigenvalue weighted by Crippen LogP contribution is -2.43. The largest absolute Gasteiger partial charge is 0.481 e. The van der Waals surface area contributed by atoms with Gasteiger partial charge in [0.05, 0.1) is 6.42 Å². The van der Waals surface area contributed by atoms with Crippen LogP contribution in [0.3, 0.4) is 0 Å². The SMILES string of the molecule is CC1(C)NC(=O)N(CC(=O)NCCC(=O)O)C1=O. The van der Waals surface area contributed by atoms with Gasteiger partial charge < -0.3 is 15.7 Å². The lowest BCUT2D eigenvalue weighted by atomic mass is 10.1. The van der Waals surface area contributed by atoms with Crippen LogP contribution in [0.4, 0.5) is 4.79 Å². The zero-order chi connectivity index (χ0) is 13.9. The summed E-state index contributed by atoms with van der Waals surface area (Å²) in [5.74, 6) is -2.09. The Labute approximate surface area is 103 Å². The molecule has 1 rings (SSSR count). The molecule has 0 aromatic heterocycles. The van der Waals surface area contributed by atoms with Gasteiger partial charge in [-0.05, 0) is 13.8 Å². The average molecular weight is 257 g/mol. The number of urea groups is 1. The summed E-state index contributed by atoms with van der Waals surface area (Å²) in [4.78, 5) is 45.6. The Morgan fingerprint density at radius 2 is 2.00 bits per heavy atom. The molecule has 1 aliphatic heterocycles. The van der Waals surface area contributed by atoms with Crippen LogP contribution in [0.1, 0.15) is 20.3 Å². The maximum absolute atomic E-state index is 11.7. The van der Waals surface area contributed by atoms with Crippen molar-refractivity contribution in [1.29, 1.82) is 0 Å². The number of carboxylic acids is 1. The van der Waals surface area contributed by atoms with Crippen LogP contribution >= 0.6 is 0 Å². The summed E-state index contributed by atoms with van der Waals surface area (Å²) in [6.45, 7) is 2.63. The van der Waals surface area contributed by atoms with Crippen LogP contribution in [-0.4, -0.2) is 52.4 Å². The van der Waals surface area contributed by atoms with Crippen molar-refractivity contribution in [2.45, 2.75) is 25.8 Å². The van der Waals surface area contributed by atoms with E-state index in [0.717, 1.165) is 4.90 Å². The highest BCUT2D eigenvalue weighted by Crippen LogP contribution is 2.15. The molecule has 0 bridgehead atoms. The van der Waals surface area contributed by atoms with Crippen molar-refractivity contribution < 1.29 is 24.3 Å². The van der Waals surface area contributed by atoms with Crippen molar-refractivity contribution in [2.24, 2.45) is 0 Å². The fraction of sp³-hybridized carbons (Fsp3) is 0.600. The molecule has 100 valence electrons. The van der Waals surface area contributed by atoms with Gasteiger partial charge in [0.15, 0.2) is 0 Å². The van der Waals surface area contributed by atoms with E-state index in [1.807, 2.05) is 0 Å². The molecular formula is C10H15N3O5. The molecule has 1 fully saturated rings. The van der Waals surface area contributed by atoms with E-state index in [1.165, 1.54) is 13.8 Å². The number of imide groups is 1. The predicted octanol–water partition coefficient (Wildman–Crippen LogP) is -1.09. The standard InChI is InChI=1S/C10H15N3O5/c1-10(2)8(17)13(9(18)12-10)5-6(14)11-4-3-7(15)16/h3-5H2,1-2H3,(H,11,14)(H,12,18)(H,15,16). The number of carbonyl (C=O) groups excluding carboxylic acids is 3. The first-order valence-electron chi connectivity index (χ1n) is 5.36. The summed E-state index contributed by atoms with van der Waals surface area (Å²) >= 11 is 0. The van der Waals surface area contributed by atoms with Gasteiger partial charge in [-0.25, -0.2) is 4.79 Å². The molecule has 0 aromatic carbocycles. The first-order valence-corrected chi connectivity index (χ1v) is 5.36. The van der Waals surface area contributed by atoms with Crippen molar-refractivity contribution in [3.63, 3.8) is 0 Å². The molecule has 1 aliphatic rings. The number of hydrogen-bond acceptors (Lipinski definition) is 4. The summed E-state index contributed by atoms with van der Waals surface area (Å²) in [6.07, 6.45) is -0.211. The highest BCUT2D eigenvalue weighted by molar-refractivity contribution is 6.08. The Morgan fingerprint density at radius 3 is 2.44 bits per heavy atom. The first kappa shape index (κ1) is 13.9. The second kappa shape index (κ2) is 5.03. The van der Waals surface area contributed by atoms with Crippen LogP contribution in [0, 0.1) is 0 Å². The van der Waals surface area contributed by atoms with Gasteiger partial charge in [0.2, 0.25) is 5.91 Å². The Bertz CT molecular complexity index is 404. The van der Waals surface area contributed by atoms with Crippen LogP contribution in [0.2, 0.25) is 0 Å². The molecule has 0 radical (unpaired) electrons. The fourth-order valence-corrected chi connectivity index (χ4v) is 1.47. The summed E-state index contributed by atoms with van der Waals surface area (Å²) in [7, 11) is 0.